The van der Waals surface area contributed by atoms with E-state index in [4.69, 9.17) is 0 Å². The van der Waals surface area contributed by atoms with Gasteiger partial charge in [0.25, 0.3) is 0 Å². The zero-order valence-electron chi connectivity index (χ0n) is 13.4. The summed E-state index contributed by atoms with van der Waals surface area (Å²) in [6.07, 6.45) is 1.27. The monoisotopic (exact) mass is 331 g/mol. The topological polar surface area (TPSA) is 40.5 Å². The molecule has 2 aromatic rings. The number of carboxylic acid groups (broad SMARTS) is 1. The Hall–Kier alpha value is -2.27. The predicted octanol–water partition coefficient (Wildman–Crippen LogP) is 3.91. The van der Waals surface area contributed by atoms with E-state index in [0.29, 0.717) is 18.5 Å². The Morgan fingerprint density at radius 2 is 1.96 bits per heavy atom. The van der Waals surface area contributed by atoms with E-state index in [-0.39, 0.29) is 0 Å². The molecule has 0 radical (unpaired) electrons. The molecular weight excluding hydrogens is 312 g/mol. The molecule has 0 amide bonds. The number of aliphatic carboxylic acids is 1. The molecule has 1 aliphatic rings. The minimum atomic E-state index is -0.909. The molecule has 24 heavy (non-hydrogen) atoms. The van der Waals surface area contributed by atoms with Crippen LogP contribution < -0.4 is 0 Å². The zero-order chi connectivity index (χ0) is 17.3. The Balaban J connectivity index is 2.14. The van der Waals surface area contributed by atoms with Crippen LogP contribution in [0.15, 0.2) is 42.5 Å². The molecule has 0 spiro atoms. The number of carbonyl (C=O) groups is 1. The van der Waals surface area contributed by atoms with Crippen LogP contribution in [0.25, 0.3) is 0 Å². The van der Waals surface area contributed by atoms with Gasteiger partial charge in [-0.1, -0.05) is 30.3 Å². The third-order valence-electron chi connectivity index (χ3n) is 4.65. The molecular formula is C19H19F2NO2. The number of likely N-dealkylation sites (tertiary alicyclic amines) is 1. The van der Waals surface area contributed by atoms with Gasteiger partial charge in [-0.25, -0.2) is 8.78 Å². The van der Waals surface area contributed by atoms with Gasteiger partial charge in [0.1, 0.15) is 17.7 Å². The average Bonchev–Trinajstić information content (AvgIpc) is 3.01. The fourth-order valence-corrected chi connectivity index (χ4v) is 3.50. The first-order valence-electron chi connectivity index (χ1n) is 7.98. The van der Waals surface area contributed by atoms with Gasteiger partial charge in [0.05, 0.1) is 6.04 Å². The molecule has 126 valence electrons. The largest absolute Gasteiger partial charge is 0.480 e. The summed E-state index contributed by atoms with van der Waals surface area (Å²) in [4.78, 5) is 13.4. The molecule has 0 aliphatic carbocycles. The van der Waals surface area contributed by atoms with Gasteiger partial charge in [-0.15, -0.1) is 0 Å². The lowest BCUT2D eigenvalue weighted by atomic mass is 9.92. The molecule has 2 aromatic carbocycles. The zero-order valence-corrected chi connectivity index (χ0v) is 13.4. The van der Waals surface area contributed by atoms with Crippen molar-refractivity contribution in [1.29, 1.82) is 0 Å². The van der Waals surface area contributed by atoms with E-state index in [1.165, 1.54) is 12.1 Å². The number of aryl methyl sites for hydroxylation is 1. The Bertz CT molecular complexity index is 763. The van der Waals surface area contributed by atoms with Crippen molar-refractivity contribution < 1.29 is 18.7 Å². The highest BCUT2D eigenvalue weighted by Crippen LogP contribution is 2.37. The normalized spacial score (nSPS) is 19.4. The van der Waals surface area contributed by atoms with Crippen molar-refractivity contribution in [2.24, 2.45) is 0 Å². The van der Waals surface area contributed by atoms with Crippen LogP contribution in [0.4, 0.5) is 8.78 Å². The summed E-state index contributed by atoms with van der Waals surface area (Å²) in [6, 6.07) is 9.80. The van der Waals surface area contributed by atoms with E-state index in [9.17, 15) is 18.7 Å². The SMILES string of the molecule is Cc1ccccc1C(c1ccc(F)cc1F)N1CCCC1C(=O)O. The second-order valence-electron chi connectivity index (χ2n) is 6.16. The summed E-state index contributed by atoms with van der Waals surface area (Å²) in [5.41, 5.74) is 2.09. The molecule has 0 saturated carbocycles. The van der Waals surface area contributed by atoms with Crippen LogP contribution in [0.2, 0.25) is 0 Å². The van der Waals surface area contributed by atoms with Crippen molar-refractivity contribution in [2.45, 2.75) is 31.8 Å². The Morgan fingerprint density at radius 3 is 2.62 bits per heavy atom. The van der Waals surface area contributed by atoms with Gasteiger partial charge in [0, 0.05) is 18.2 Å². The highest BCUT2D eigenvalue weighted by molar-refractivity contribution is 5.74. The quantitative estimate of drug-likeness (QED) is 0.923. The second kappa shape index (κ2) is 6.69. The van der Waals surface area contributed by atoms with Crippen LogP contribution >= 0.6 is 0 Å². The number of hydrogen-bond donors (Lipinski definition) is 1. The van der Waals surface area contributed by atoms with E-state index in [1.807, 2.05) is 31.2 Å². The van der Waals surface area contributed by atoms with Gasteiger partial charge < -0.3 is 5.11 Å². The number of carboxylic acids is 1. The van der Waals surface area contributed by atoms with Gasteiger partial charge in [0.2, 0.25) is 0 Å². The summed E-state index contributed by atoms with van der Waals surface area (Å²) < 4.78 is 27.8. The van der Waals surface area contributed by atoms with E-state index < -0.39 is 29.7 Å². The third kappa shape index (κ3) is 3.04. The third-order valence-corrected chi connectivity index (χ3v) is 4.65. The van der Waals surface area contributed by atoms with Gasteiger partial charge in [-0.2, -0.15) is 0 Å². The predicted molar refractivity (Wildman–Crippen MR) is 86.7 cm³/mol. The standard InChI is InChI=1S/C19H19F2NO2/c1-12-5-2-3-6-14(12)18(15-9-8-13(20)11-16(15)21)22-10-4-7-17(22)19(23)24/h2-3,5-6,8-9,11,17-18H,4,7,10H2,1H3,(H,23,24). The number of nitrogens with zero attached hydrogens (tertiary/aromatic N) is 1. The highest BCUT2D eigenvalue weighted by atomic mass is 19.1. The molecule has 1 saturated heterocycles. The molecule has 1 N–H and O–H groups in total. The van der Waals surface area contributed by atoms with Crippen molar-refractivity contribution in [3.63, 3.8) is 0 Å². The summed E-state index contributed by atoms with van der Waals surface area (Å²) in [6.45, 7) is 2.47. The van der Waals surface area contributed by atoms with E-state index in [2.05, 4.69) is 0 Å². The maximum atomic E-state index is 14.5. The van der Waals surface area contributed by atoms with E-state index in [0.717, 1.165) is 23.6 Å². The van der Waals surface area contributed by atoms with Crippen molar-refractivity contribution >= 4 is 5.97 Å². The molecule has 5 heteroatoms. The lowest BCUT2D eigenvalue weighted by molar-refractivity contribution is -0.142. The molecule has 0 bridgehead atoms. The number of benzene rings is 2. The van der Waals surface area contributed by atoms with Crippen molar-refractivity contribution in [2.75, 3.05) is 6.54 Å². The first kappa shape index (κ1) is 16.6. The molecule has 2 atom stereocenters. The summed E-state index contributed by atoms with van der Waals surface area (Å²) in [5.74, 6) is -2.20. The van der Waals surface area contributed by atoms with Crippen LogP contribution in [0.1, 0.15) is 35.6 Å². The van der Waals surface area contributed by atoms with Crippen LogP contribution in [0, 0.1) is 18.6 Å². The average molecular weight is 331 g/mol. The minimum absolute atomic E-state index is 0.304. The molecule has 1 aliphatic heterocycles. The van der Waals surface area contributed by atoms with Crippen LogP contribution in [-0.4, -0.2) is 28.6 Å². The Morgan fingerprint density at radius 1 is 1.21 bits per heavy atom. The van der Waals surface area contributed by atoms with Crippen molar-refractivity contribution in [3.8, 4) is 0 Å². The molecule has 3 nitrogen and oxygen atoms in total. The fraction of sp³-hybridized carbons (Fsp3) is 0.316. The Kier molecular flexibility index (Phi) is 4.62. The summed E-state index contributed by atoms with van der Waals surface area (Å²) in [7, 11) is 0. The minimum Gasteiger partial charge on any atom is -0.480 e. The van der Waals surface area contributed by atoms with Crippen LogP contribution in [0.5, 0.6) is 0 Å². The number of rotatable bonds is 4. The molecule has 0 aromatic heterocycles. The number of hydrogen-bond acceptors (Lipinski definition) is 2. The van der Waals surface area contributed by atoms with E-state index >= 15 is 0 Å². The van der Waals surface area contributed by atoms with Crippen LogP contribution in [0.3, 0.4) is 0 Å². The maximum absolute atomic E-state index is 14.5. The number of halogens is 2. The van der Waals surface area contributed by atoms with Crippen LogP contribution in [-0.2, 0) is 4.79 Å². The molecule has 1 fully saturated rings. The van der Waals surface area contributed by atoms with Gasteiger partial charge in [-0.05, 0) is 37.0 Å². The summed E-state index contributed by atoms with van der Waals surface area (Å²) in [5, 5.41) is 9.51. The lowest BCUT2D eigenvalue weighted by Crippen LogP contribution is -2.39. The van der Waals surface area contributed by atoms with E-state index in [1.54, 1.807) is 4.90 Å². The van der Waals surface area contributed by atoms with Crippen molar-refractivity contribution in [3.05, 3.63) is 70.8 Å². The summed E-state index contributed by atoms with van der Waals surface area (Å²) >= 11 is 0. The van der Waals surface area contributed by atoms with Crippen molar-refractivity contribution in [1.82, 2.24) is 4.90 Å². The molecule has 3 rings (SSSR count). The smallest absolute Gasteiger partial charge is 0.320 e. The second-order valence-corrected chi connectivity index (χ2v) is 6.16. The molecule has 1 heterocycles. The lowest BCUT2D eigenvalue weighted by Gasteiger charge is -2.33. The highest BCUT2D eigenvalue weighted by Gasteiger charge is 2.38. The van der Waals surface area contributed by atoms with Gasteiger partial charge >= 0.3 is 5.97 Å². The first-order valence-corrected chi connectivity index (χ1v) is 7.98. The fourth-order valence-electron chi connectivity index (χ4n) is 3.50. The first-order chi connectivity index (χ1) is 11.5. The van der Waals surface area contributed by atoms with Gasteiger partial charge in [0.15, 0.2) is 0 Å². The van der Waals surface area contributed by atoms with Gasteiger partial charge in [-0.3, -0.25) is 9.69 Å². The Labute approximate surface area is 139 Å². The maximum Gasteiger partial charge on any atom is 0.320 e. The molecule has 2 unspecified atom stereocenters.